The number of hydrogen-bond acceptors (Lipinski definition) is 4. The van der Waals surface area contributed by atoms with Gasteiger partial charge < -0.3 is 24.9 Å². The van der Waals surface area contributed by atoms with Gasteiger partial charge in [-0.1, -0.05) is 0 Å². The molecule has 0 spiro atoms. The van der Waals surface area contributed by atoms with Gasteiger partial charge in [-0.3, -0.25) is 9.13 Å². The van der Waals surface area contributed by atoms with E-state index in [4.69, 9.17) is 0 Å². The molecule has 1 aliphatic rings. The number of rotatable bonds is 4. The van der Waals surface area contributed by atoms with Crippen LogP contribution in [0, 0.1) is 5.92 Å². The summed E-state index contributed by atoms with van der Waals surface area (Å²) in [6.45, 7) is 0.118. The zero-order chi connectivity index (χ0) is 13.3. The van der Waals surface area contributed by atoms with Crippen LogP contribution in [0.3, 0.4) is 0 Å². The number of nitrogens with one attached hydrogen (secondary N) is 1. The third-order valence-electron chi connectivity index (χ3n) is 3.08. The third-order valence-corrected chi connectivity index (χ3v) is 7.75. The molecule has 1 saturated heterocycles. The molecule has 1 aliphatic heterocycles. The van der Waals surface area contributed by atoms with Crippen LogP contribution in [0.4, 0.5) is 0 Å². The largest absolute Gasteiger partial charge is 0.345 e. The van der Waals surface area contributed by atoms with Crippen LogP contribution in [0.15, 0.2) is 0 Å². The molecule has 0 aromatic carbocycles. The molecule has 0 amide bonds. The molecule has 10 heteroatoms. The zero-order valence-electron chi connectivity index (χ0n) is 9.06. The first-order chi connectivity index (χ1) is 7.64. The predicted molar refractivity (Wildman–Crippen MR) is 66.3 cm³/mol. The normalized spacial score (nSPS) is 25.8. The summed E-state index contributed by atoms with van der Waals surface area (Å²) >= 11 is 4.02. The summed E-state index contributed by atoms with van der Waals surface area (Å²) in [5.41, 5.74) is 0. The van der Waals surface area contributed by atoms with Crippen molar-refractivity contribution in [3.63, 3.8) is 0 Å². The molecule has 1 atom stereocenters. The molecule has 1 fully saturated rings. The lowest BCUT2D eigenvalue weighted by atomic mass is 9.96. The van der Waals surface area contributed by atoms with Crippen LogP contribution in [0.25, 0.3) is 0 Å². The summed E-state index contributed by atoms with van der Waals surface area (Å²) in [4.78, 5) is 34.8. The van der Waals surface area contributed by atoms with Gasteiger partial charge in [0, 0.05) is 6.54 Å². The Hall–Kier alpha value is 0.610. The van der Waals surface area contributed by atoms with Gasteiger partial charge in [-0.15, -0.1) is 0 Å². The summed E-state index contributed by atoms with van der Waals surface area (Å²) in [6.07, 6.45) is 0.368. The van der Waals surface area contributed by atoms with Gasteiger partial charge >= 0.3 is 15.2 Å². The maximum atomic E-state index is 11.4. The van der Waals surface area contributed by atoms with Crippen molar-refractivity contribution < 1.29 is 28.7 Å². The van der Waals surface area contributed by atoms with Crippen LogP contribution in [-0.2, 0) is 9.13 Å². The van der Waals surface area contributed by atoms with E-state index in [0.29, 0.717) is 18.7 Å². The average molecular weight is 305 g/mol. The van der Waals surface area contributed by atoms with Crippen LogP contribution in [0.5, 0.6) is 0 Å². The molecule has 0 aromatic rings. The van der Waals surface area contributed by atoms with Crippen molar-refractivity contribution in [2.24, 2.45) is 5.92 Å². The first-order valence-electron chi connectivity index (χ1n) is 5.07. The van der Waals surface area contributed by atoms with Gasteiger partial charge in [0.15, 0.2) is 4.90 Å². The molecule has 0 aliphatic carbocycles. The van der Waals surface area contributed by atoms with Crippen LogP contribution < -0.4 is 5.32 Å². The maximum absolute atomic E-state index is 11.4. The molecule has 7 nitrogen and oxygen atoms in total. The van der Waals surface area contributed by atoms with E-state index in [9.17, 15) is 28.7 Å². The highest BCUT2D eigenvalue weighted by molar-refractivity contribution is 7.80. The summed E-state index contributed by atoms with van der Waals surface area (Å²) < 4.78 is 22.9. The minimum Gasteiger partial charge on any atom is -0.324 e. The fraction of sp³-hybridized carbons (Fsp3) is 1.00. The summed E-state index contributed by atoms with van der Waals surface area (Å²) in [7, 11) is -9.81. The van der Waals surface area contributed by atoms with Crippen molar-refractivity contribution in [2.75, 3.05) is 18.8 Å². The Kier molecular flexibility index (Phi) is 4.89. The minimum atomic E-state index is -4.91. The monoisotopic (exact) mass is 305 g/mol. The van der Waals surface area contributed by atoms with Gasteiger partial charge in [-0.25, -0.2) is 0 Å². The van der Waals surface area contributed by atoms with Crippen LogP contribution in [-0.4, -0.2) is 43.3 Å². The zero-order valence-corrected chi connectivity index (χ0v) is 11.7. The number of hydrogen-bond donors (Lipinski definition) is 6. The minimum absolute atomic E-state index is 0.185. The average Bonchev–Trinajstić information content (AvgIpc) is 2.15. The van der Waals surface area contributed by atoms with Crippen molar-refractivity contribution >= 4 is 27.8 Å². The molecule has 1 unspecified atom stereocenters. The van der Waals surface area contributed by atoms with Crippen molar-refractivity contribution in [3.05, 3.63) is 0 Å². The lowest BCUT2D eigenvalue weighted by molar-refractivity contribution is 0.251. The van der Waals surface area contributed by atoms with E-state index in [0.717, 1.165) is 0 Å². The van der Waals surface area contributed by atoms with Gasteiger partial charge in [0.1, 0.15) is 0 Å². The second-order valence-electron chi connectivity index (χ2n) is 4.28. The van der Waals surface area contributed by atoms with Crippen LogP contribution in [0.2, 0.25) is 0 Å². The Labute approximate surface area is 105 Å². The number of thiol groups is 1. The quantitative estimate of drug-likeness (QED) is 0.318. The second kappa shape index (κ2) is 5.31. The second-order valence-corrected chi connectivity index (χ2v) is 8.97. The summed E-state index contributed by atoms with van der Waals surface area (Å²) in [6, 6.07) is 0. The molecule has 0 radical (unpaired) electrons. The predicted octanol–water partition coefficient (Wildman–Crippen LogP) is -0.0325. The first kappa shape index (κ1) is 15.7. The Bertz CT molecular complexity index is 341. The van der Waals surface area contributed by atoms with Gasteiger partial charge in [0.05, 0.1) is 0 Å². The lowest BCUT2D eigenvalue weighted by Crippen LogP contribution is -2.49. The van der Waals surface area contributed by atoms with E-state index >= 15 is 0 Å². The maximum Gasteiger partial charge on any atom is 0.345 e. The first-order valence-corrected chi connectivity index (χ1v) is 8.92. The fourth-order valence-corrected chi connectivity index (χ4v) is 5.43. The van der Waals surface area contributed by atoms with E-state index in [1.165, 1.54) is 0 Å². The highest BCUT2D eigenvalue weighted by atomic mass is 32.1. The van der Waals surface area contributed by atoms with Crippen LogP contribution in [0.1, 0.15) is 12.8 Å². The van der Waals surface area contributed by atoms with Crippen molar-refractivity contribution in [3.8, 4) is 0 Å². The molecule has 102 valence electrons. The Morgan fingerprint density at radius 1 is 1.24 bits per heavy atom. The summed E-state index contributed by atoms with van der Waals surface area (Å²) in [5, 5.41) is 2.71. The van der Waals surface area contributed by atoms with Gasteiger partial charge in [-0.2, -0.15) is 12.6 Å². The standard InChI is InChI=1S/C7H17NO6P2S/c9-15(10,11)7(16(12,13)14)3-6(1-2-17)4-8-5-7/h6,8,17H,1-5H2,(H2,9,10,11)(H2,12,13,14). The smallest absolute Gasteiger partial charge is 0.324 e. The molecular weight excluding hydrogens is 288 g/mol. The van der Waals surface area contributed by atoms with E-state index in [2.05, 4.69) is 17.9 Å². The molecule has 1 rings (SSSR count). The van der Waals surface area contributed by atoms with Gasteiger partial charge in [0.25, 0.3) is 0 Å². The molecular formula is C7H17NO6P2S. The van der Waals surface area contributed by atoms with E-state index in [1.54, 1.807) is 0 Å². The molecule has 17 heavy (non-hydrogen) atoms. The van der Waals surface area contributed by atoms with Crippen LogP contribution >= 0.6 is 27.8 Å². The molecule has 0 bridgehead atoms. The highest BCUT2D eigenvalue weighted by Crippen LogP contribution is 2.71. The number of piperidine rings is 1. The van der Waals surface area contributed by atoms with Crippen molar-refractivity contribution in [2.45, 2.75) is 17.7 Å². The van der Waals surface area contributed by atoms with E-state index in [-0.39, 0.29) is 18.9 Å². The Morgan fingerprint density at radius 3 is 2.18 bits per heavy atom. The topological polar surface area (TPSA) is 127 Å². The van der Waals surface area contributed by atoms with Gasteiger partial charge in [0.2, 0.25) is 0 Å². The lowest BCUT2D eigenvalue weighted by Gasteiger charge is -2.41. The van der Waals surface area contributed by atoms with E-state index < -0.39 is 20.1 Å². The summed E-state index contributed by atoms with van der Waals surface area (Å²) in [5.74, 6) is 0.312. The third kappa shape index (κ3) is 3.14. The molecule has 0 aromatic heterocycles. The Balaban J connectivity index is 3.09. The Morgan fingerprint density at radius 2 is 1.76 bits per heavy atom. The highest BCUT2D eigenvalue weighted by Gasteiger charge is 2.61. The van der Waals surface area contributed by atoms with E-state index in [1.807, 2.05) is 0 Å². The molecule has 0 saturated carbocycles. The molecule has 5 N–H and O–H groups in total. The van der Waals surface area contributed by atoms with Crippen molar-refractivity contribution in [1.29, 1.82) is 0 Å². The fourth-order valence-electron chi connectivity index (χ4n) is 2.08. The molecule has 1 heterocycles. The SMILES string of the molecule is O=P(O)(O)C1(P(=O)(O)O)CNCC(CCS)C1. The van der Waals surface area contributed by atoms with Crippen molar-refractivity contribution in [1.82, 2.24) is 5.32 Å². The van der Waals surface area contributed by atoms with Gasteiger partial charge in [-0.05, 0) is 31.1 Å².